The van der Waals surface area contributed by atoms with E-state index >= 15 is 0 Å². The van der Waals surface area contributed by atoms with Crippen molar-refractivity contribution in [2.75, 3.05) is 20.4 Å². The Bertz CT molecular complexity index is 1040. The summed E-state index contributed by atoms with van der Waals surface area (Å²) < 4.78 is 16.8. The quantitative estimate of drug-likeness (QED) is 0.774. The van der Waals surface area contributed by atoms with Gasteiger partial charge in [0, 0.05) is 24.2 Å². The minimum Gasteiger partial charge on any atom is -0.496 e. The Morgan fingerprint density at radius 1 is 1.24 bits per heavy atom. The van der Waals surface area contributed by atoms with E-state index in [4.69, 9.17) is 14.2 Å². The van der Waals surface area contributed by atoms with Crippen LogP contribution in [0.25, 0.3) is 11.8 Å². The normalized spacial score (nSPS) is 18.5. The lowest BCUT2D eigenvalue weighted by atomic mass is 9.82. The molecular formula is C24H25NO4. The number of benzene rings is 2. The summed E-state index contributed by atoms with van der Waals surface area (Å²) in [4.78, 5) is 14.6. The predicted octanol–water partition coefficient (Wildman–Crippen LogP) is 4.38. The first-order valence-corrected chi connectivity index (χ1v) is 10.2. The molecule has 1 atom stereocenters. The Kier molecular flexibility index (Phi) is 4.26. The summed E-state index contributed by atoms with van der Waals surface area (Å²) in [7, 11) is 1.71. The van der Waals surface area contributed by atoms with Crippen LogP contribution in [0.5, 0.6) is 17.2 Å². The van der Waals surface area contributed by atoms with Gasteiger partial charge in [-0.3, -0.25) is 4.79 Å². The Hall–Kier alpha value is -2.95. The van der Waals surface area contributed by atoms with Crippen molar-refractivity contribution in [2.24, 2.45) is 0 Å². The van der Waals surface area contributed by atoms with E-state index in [-0.39, 0.29) is 18.6 Å². The molecule has 0 aliphatic carbocycles. The molecule has 5 heteroatoms. The van der Waals surface area contributed by atoms with E-state index in [1.165, 1.54) is 27.8 Å². The first-order valence-electron chi connectivity index (χ1n) is 10.2. The molecule has 0 fully saturated rings. The predicted molar refractivity (Wildman–Crippen MR) is 111 cm³/mol. The second-order valence-electron chi connectivity index (χ2n) is 7.86. The van der Waals surface area contributed by atoms with Crippen molar-refractivity contribution < 1.29 is 19.0 Å². The van der Waals surface area contributed by atoms with Crippen molar-refractivity contribution in [1.82, 2.24) is 4.90 Å². The summed E-state index contributed by atoms with van der Waals surface area (Å²) in [5.74, 6) is 2.72. The maximum absolute atomic E-state index is 12.2. The van der Waals surface area contributed by atoms with Gasteiger partial charge in [-0.1, -0.05) is 13.0 Å². The van der Waals surface area contributed by atoms with Gasteiger partial charge in [0.1, 0.15) is 11.5 Å². The van der Waals surface area contributed by atoms with Crippen LogP contribution in [-0.4, -0.2) is 31.1 Å². The number of hydrogen-bond donors (Lipinski definition) is 0. The second-order valence-corrected chi connectivity index (χ2v) is 7.86. The number of carbonyl (C=O) groups is 1. The fraction of sp³-hybridized carbons (Fsp3) is 0.375. The highest BCUT2D eigenvalue weighted by molar-refractivity contribution is 5.88. The zero-order valence-corrected chi connectivity index (χ0v) is 17.1. The first kappa shape index (κ1) is 18.1. The second kappa shape index (κ2) is 6.83. The molecule has 5 nitrogen and oxygen atoms in total. The van der Waals surface area contributed by atoms with Gasteiger partial charge in [0.05, 0.1) is 13.2 Å². The van der Waals surface area contributed by atoms with E-state index in [1.54, 1.807) is 14.0 Å². The van der Waals surface area contributed by atoms with Crippen LogP contribution in [0.4, 0.5) is 0 Å². The van der Waals surface area contributed by atoms with Crippen molar-refractivity contribution in [3.63, 3.8) is 0 Å². The van der Waals surface area contributed by atoms with Gasteiger partial charge in [0.2, 0.25) is 6.79 Å². The van der Waals surface area contributed by atoms with E-state index in [0.717, 1.165) is 42.3 Å². The van der Waals surface area contributed by atoms with Gasteiger partial charge < -0.3 is 19.1 Å². The zero-order valence-electron chi connectivity index (χ0n) is 17.1. The van der Waals surface area contributed by atoms with Crippen LogP contribution in [-0.2, 0) is 17.6 Å². The van der Waals surface area contributed by atoms with E-state index in [9.17, 15) is 4.79 Å². The van der Waals surface area contributed by atoms with Gasteiger partial charge in [0.15, 0.2) is 11.5 Å². The van der Waals surface area contributed by atoms with Gasteiger partial charge in [-0.15, -0.1) is 0 Å². The Morgan fingerprint density at radius 2 is 2.03 bits per heavy atom. The van der Waals surface area contributed by atoms with Gasteiger partial charge in [-0.05, 0) is 66.3 Å². The number of ether oxygens (including phenoxy) is 3. The Balaban J connectivity index is 1.72. The molecule has 0 radical (unpaired) electrons. The third-order valence-corrected chi connectivity index (χ3v) is 6.21. The number of methoxy groups -OCH3 is 1. The Morgan fingerprint density at radius 3 is 2.76 bits per heavy atom. The lowest BCUT2D eigenvalue weighted by Crippen LogP contribution is -2.37. The van der Waals surface area contributed by atoms with Crippen LogP contribution >= 0.6 is 0 Å². The van der Waals surface area contributed by atoms with Crippen molar-refractivity contribution in [1.29, 1.82) is 0 Å². The van der Waals surface area contributed by atoms with Crippen LogP contribution in [0.3, 0.4) is 0 Å². The fourth-order valence-electron chi connectivity index (χ4n) is 4.96. The number of hydrogen-bond acceptors (Lipinski definition) is 5. The number of ketones is 1. The van der Waals surface area contributed by atoms with Crippen LogP contribution in [0.1, 0.15) is 54.1 Å². The summed E-state index contributed by atoms with van der Waals surface area (Å²) >= 11 is 0. The van der Waals surface area contributed by atoms with E-state index in [0.29, 0.717) is 6.42 Å². The monoisotopic (exact) mass is 391 g/mol. The number of rotatable bonds is 4. The zero-order chi connectivity index (χ0) is 20.1. The molecular weight excluding hydrogens is 366 g/mol. The molecule has 3 aliphatic heterocycles. The highest BCUT2D eigenvalue weighted by atomic mass is 16.7. The smallest absolute Gasteiger partial charge is 0.231 e. The largest absolute Gasteiger partial charge is 0.496 e. The molecule has 0 spiro atoms. The number of nitrogens with zero attached hydrogens (tertiary/aromatic N) is 1. The number of fused-ring (bicyclic) bond motifs is 5. The molecule has 150 valence electrons. The van der Waals surface area contributed by atoms with Gasteiger partial charge in [0.25, 0.3) is 0 Å². The third kappa shape index (κ3) is 2.79. The molecule has 5 rings (SSSR count). The molecule has 0 saturated carbocycles. The molecule has 3 heterocycles. The molecule has 2 aromatic carbocycles. The summed E-state index contributed by atoms with van der Waals surface area (Å²) in [5.41, 5.74) is 7.21. The van der Waals surface area contributed by atoms with Crippen molar-refractivity contribution >= 4 is 17.6 Å². The van der Waals surface area contributed by atoms with Crippen LogP contribution in [0.2, 0.25) is 0 Å². The summed E-state index contributed by atoms with van der Waals surface area (Å²) in [5, 5.41) is 0. The van der Waals surface area contributed by atoms with E-state index in [1.807, 2.05) is 6.07 Å². The molecule has 0 saturated heterocycles. The van der Waals surface area contributed by atoms with E-state index in [2.05, 4.69) is 36.1 Å². The van der Waals surface area contributed by atoms with Crippen LogP contribution in [0, 0.1) is 0 Å². The van der Waals surface area contributed by atoms with Gasteiger partial charge in [-0.25, -0.2) is 0 Å². The maximum atomic E-state index is 12.2. The van der Waals surface area contributed by atoms with Crippen LogP contribution < -0.4 is 14.2 Å². The summed E-state index contributed by atoms with van der Waals surface area (Å²) in [6, 6.07) is 8.38. The third-order valence-electron chi connectivity index (χ3n) is 6.21. The minimum absolute atomic E-state index is 0.0196. The minimum atomic E-state index is 0.0196. The average Bonchev–Trinajstić information content (AvgIpc) is 3.18. The molecule has 2 aromatic rings. The van der Waals surface area contributed by atoms with E-state index < -0.39 is 0 Å². The summed E-state index contributed by atoms with van der Waals surface area (Å²) in [6.45, 7) is 4.97. The first-order chi connectivity index (χ1) is 14.1. The van der Waals surface area contributed by atoms with Crippen molar-refractivity contribution in [3.8, 4) is 17.2 Å². The van der Waals surface area contributed by atoms with Crippen LogP contribution in [0.15, 0.2) is 24.3 Å². The summed E-state index contributed by atoms with van der Waals surface area (Å²) in [6.07, 6.45) is 4.53. The average molecular weight is 391 g/mol. The highest BCUT2D eigenvalue weighted by Gasteiger charge is 2.36. The van der Waals surface area contributed by atoms with Crippen molar-refractivity contribution in [2.45, 2.75) is 39.2 Å². The highest BCUT2D eigenvalue weighted by Crippen LogP contribution is 2.48. The molecule has 0 amide bonds. The Labute approximate surface area is 170 Å². The maximum Gasteiger partial charge on any atom is 0.231 e. The lowest BCUT2D eigenvalue weighted by Gasteiger charge is -2.43. The topological polar surface area (TPSA) is 48.0 Å². The lowest BCUT2D eigenvalue weighted by molar-refractivity contribution is -0.118. The SMILES string of the molecule is CCc1c(OC)ccc2c1C(CC(C)=O)N1CCc3cc4c(cc3C1=C2)OCO4. The molecule has 0 aromatic heterocycles. The van der Waals surface area contributed by atoms with Gasteiger partial charge in [-0.2, -0.15) is 0 Å². The standard InChI is InChI=1S/C24H25NO4/c1-4-17-21(27-3)6-5-16-10-19-18-12-23-22(28-13-29-23)11-15(18)7-8-25(19)20(24(16)17)9-14(2)26/h5-6,10-12,20H,4,7-9,13H2,1-3H3. The molecule has 0 bridgehead atoms. The molecule has 3 aliphatic rings. The fourth-order valence-corrected chi connectivity index (χ4v) is 4.96. The molecule has 1 unspecified atom stereocenters. The number of Topliss-reactive ketones (excluding diaryl/α,β-unsaturated/α-hetero) is 1. The number of carbonyl (C=O) groups excluding carboxylic acids is 1. The van der Waals surface area contributed by atoms with Crippen molar-refractivity contribution in [3.05, 3.63) is 52.1 Å². The molecule has 0 N–H and O–H groups in total. The molecule has 29 heavy (non-hydrogen) atoms. The van der Waals surface area contributed by atoms with Gasteiger partial charge >= 0.3 is 0 Å².